The second-order valence-corrected chi connectivity index (χ2v) is 7.47. The van der Waals surface area contributed by atoms with E-state index >= 15 is 0 Å². The van der Waals surface area contributed by atoms with E-state index in [2.05, 4.69) is 16.8 Å². The summed E-state index contributed by atoms with van der Waals surface area (Å²) in [6, 6.07) is 13.8. The van der Waals surface area contributed by atoms with Crippen molar-refractivity contribution >= 4 is 17.3 Å². The van der Waals surface area contributed by atoms with Gasteiger partial charge in [0.25, 0.3) is 0 Å². The Morgan fingerprint density at radius 3 is 2.41 bits per heavy atom. The molecule has 1 fully saturated rings. The molecule has 27 heavy (non-hydrogen) atoms. The van der Waals surface area contributed by atoms with Crippen LogP contribution in [0.5, 0.6) is 5.75 Å². The first-order valence-electron chi connectivity index (χ1n) is 9.62. The summed E-state index contributed by atoms with van der Waals surface area (Å²) in [4.78, 5) is 16.7. The number of carbonyl (C=O) groups excluding carboxylic acids is 1. The molecule has 0 aromatic heterocycles. The number of fused-ring (bicyclic) bond motifs is 1. The number of phenols is 1. The highest BCUT2D eigenvalue weighted by Gasteiger charge is 2.39. The molecule has 5 heteroatoms. The summed E-state index contributed by atoms with van der Waals surface area (Å²) in [5.74, 6) is -0.0439. The second kappa shape index (κ2) is 7.14. The Labute approximate surface area is 160 Å². The first kappa shape index (κ1) is 17.7. The largest absolute Gasteiger partial charge is 0.508 e. The lowest BCUT2D eigenvalue weighted by Crippen LogP contribution is -2.41. The summed E-state index contributed by atoms with van der Waals surface area (Å²) < 4.78 is 4.90. The highest BCUT2D eigenvalue weighted by atomic mass is 16.5. The number of nitrogens with zero attached hydrogens (tertiary/aromatic N) is 2. The molecule has 1 aliphatic heterocycles. The van der Waals surface area contributed by atoms with E-state index in [1.807, 2.05) is 30.3 Å². The zero-order valence-corrected chi connectivity index (χ0v) is 15.9. The summed E-state index contributed by atoms with van der Waals surface area (Å²) in [7, 11) is 3.48. The maximum absolute atomic E-state index is 12.0. The SMILES string of the molecule is COC(=O)c1ccc2c(c1)N(C)C(c1ccc(O)cc1)N2C1CCCCC1. The van der Waals surface area contributed by atoms with Crippen molar-refractivity contribution in [1.82, 2.24) is 0 Å². The Hall–Kier alpha value is -2.69. The zero-order valence-electron chi connectivity index (χ0n) is 15.9. The van der Waals surface area contributed by atoms with Gasteiger partial charge in [-0.2, -0.15) is 0 Å². The van der Waals surface area contributed by atoms with Crippen molar-refractivity contribution < 1.29 is 14.6 Å². The fourth-order valence-electron chi connectivity index (χ4n) is 4.51. The van der Waals surface area contributed by atoms with Crippen molar-refractivity contribution in [2.24, 2.45) is 0 Å². The maximum Gasteiger partial charge on any atom is 0.337 e. The minimum Gasteiger partial charge on any atom is -0.508 e. The molecule has 4 rings (SSSR count). The molecule has 1 unspecified atom stereocenters. The van der Waals surface area contributed by atoms with Gasteiger partial charge >= 0.3 is 5.97 Å². The van der Waals surface area contributed by atoms with Crippen LogP contribution < -0.4 is 9.80 Å². The molecule has 0 amide bonds. The van der Waals surface area contributed by atoms with Crippen molar-refractivity contribution in [3.8, 4) is 5.75 Å². The summed E-state index contributed by atoms with van der Waals surface area (Å²) in [5.41, 5.74) is 3.91. The molecule has 2 aromatic carbocycles. The van der Waals surface area contributed by atoms with E-state index in [1.54, 1.807) is 12.1 Å². The fraction of sp³-hybridized carbons (Fsp3) is 0.409. The average Bonchev–Trinajstić information content (AvgIpc) is 3.00. The molecule has 142 valence electrons. The Kier molecular flexibility index (Phi) is 4.68. The van der Waals surface area contributed by atoms with Gasteiger partial charge in [0.1, 0.15) is 11.9 Å². The highest BCUT2D eigenvalue weighted by molar-refractivity contribution is 5.93. The van der Waals surface area contributed by atoms with Gasteiger partial charge in [0, 0.05) is 13.1 Å². The number of hydrogen-bond acceptors (Lipinski definition) is 5. The van der Waals surface area contributed by atoms with Crippen LogP contribution in [0.1, 0.15) is 54.2 Å². The number of methoxy groups -OCH3 is 1. The minimum absolute atomic E-state index is 0.0524. The summed E-state index contributed by atoms with van der Waals surface area (Å²) in [6.07, 6.45) is 6.22. The molecule has 1 N–H and O–H groups in total. The van der Waals surface area contributed by atoms with Crippen LogP contribution in [0.25, 0.3) is 0 Å². The second-order valence-electron chi connectivity index (χ2n) is 7.47. The molecule has 1 aliphatic carbocycles. The molecule has 0 saturated heterocycles. The minimum atomic E-state index is -0.316. The summed E-state index contributed by atoms with van der Waals surface area (Å²) in [5, 5.41) is 9.70. The van der Waals surface area contributed by atoms with Gasteiger partial charge in [0.2, 0.25) is 0 Å². The Morgan fingerprint density at radius 1 is 1.04 bits per heavy atom. The number of carbonyl (C=O) groups is 1. The first-order valence-corrected chi connectivity index (χ1v) is 9.62. The maximum atomic E-state index is 12.0. The Bertz CT molecular complexity index is 828. The lowest BCUT2D eigenvalue weighted by atomic mass is 9.93. The summed E-state index contributed by atoms with van der Waals surface area (Å²) >= 11 is 0. The normalized spacial score (nSPS) is 19.9. The van der Waals surface area contributed by atoms with E-state index in [9.17, 15) is 9.90 Å². The smallest absolute Gasteiger partial charge is 0.337 e. The quantitative estimate of drug-likeness (QED) is 0.813. The molecule has 0 radical (unpaired) electrons. The van der Waals surface area contributed by atoms with E-state index in [4.69, 9.17) is 4.74 Å². The third-order valence-electron chi connectivity index (χ3n) is 5.84. The molecule has 1 heterocycles. The Balaban J connectivity index is 1.79. The molecule has 0 spiro atoms. The fourth-order valence-corrected chi connectivity index (χ4v) is 4.51. The van der Waals surface area contributed by atoms with Crippen LogP contribution in [0, 0.1) is 0 Å². The van der Waals surface area contributed by atoms with Crippen molar-refractivity contribution in [3.63, 3.8) is 0 Å². The number of phenolic OH excluding ortho intramolecular Hbond substituents is 1. The monoisotopic (exact) mass is 366 g/mol. The van der Waals surface area contributed by atoms with Crippen LogP contribution in [0.15, 0.2) is 42.5 Å². The van der Waals surface area contributed by atoms with Crippen LogP contribution >= 0.6 is 0 Å². The Morgan fingerprint density at radius 2 is 1.74 bits per heavy atom. The number of aromatic hydroxyl groups is 1. The molecule has 2 aliphatic rings. The van der Waals surface area contributed by atoms with Gasteiger partial charge < -0.3 is 19.6 Å². The van der Waals surface area contributed by atoms with E-state index in [0.717, 1.165) is 16.9 Å². The number of rotatable bonds is 3. The van der Waals surface area contributed by atoms with Gasteiger partial charge in [0.15, 0.2) is 0 Å². The standard InChI is InChI=1S/C22H26N2O3/c1-23-20-14-16(22(26)27-2)10-13-19(20)24(17-6-4-3-5-7-17)21(23)15-8-11-18(25)12-9-15/h8-14,17,21,25H,3-7H2,1-2H3. The zero-order chi connectivity index (χ0) is 19.0. The average molecular weight is 366 g/mol. The number of benzene rings is 2. The van der Waals surface area contributed by atoms with Gasteiger partial charge in [-0.15, -0.1) is 0 Å². The number of ether oxygens (including phenoxy) is 1. The van der Waals surface area contributed by atoms with Crippen molar-refractivity contribution in [2.45, 2.75) is 44.3 Å². The van der Waals surface area contributed by atoms with Crippen molar-refractivity contribution in [2.75, 3.05) is 24.0 Å². The van der Waals surface area contributed by atoms with Gasteiger partial charge in [-0.25, -0.2) is 4.79 Å². The van der Waals surface area contributed by atoms with Crippen LogP contribution in [0.3, 0.4) is 0 Å². The van der Waals surface area contributed by atoms with Crippen LogP contribution in [-0.4, -0.2) is 31.3 Å². The van der Waals surface area contributed by atoms with Crippen molar-refractivity contribution in [3.05, 3.63) is 53.6 Å². The van der Waals surface area contributed by atoms with E-state index in [1.165, 1.54) is 39.2 Å². The molecular weight excluding hydrogens is 340 g/mol. The lowest BCUT2D eigenvalue weighted by Gasteiger charge is -2.39. The van der Waals surface area contributed by atoms with E-state index in [-0.39, 0.29) is 17.9 Å². The van der Waals surface area contributed by atoms with Gasteiger partial charge in [-0.05, 0) is 48.7 Å². The van der Waals surface area contributed by atoms with Gasteiger partial charge in [-0.1, -0.05) is 31.4 Å². The van der Waals surface area contributed by atoms with Gasteiger partial charge in [0.05, 0.1) is 24.0 Å². The predicted molar refractivity (Wildman–Crippen MR) is 106 cm³/mol. The summed E-state index contributed by atoms with van der Waals surface area (Å²) in [6.45, 7) is 0. The number of hydrogen-bond donors (Lipinski definition) is 1. The molecule has 0 bridgehead atoms. The van der Waals surface area contributed by atoms with Crippen LogP contribution in [-0.2, 0) is 4.74 Å². The van der Waals surface area contributed by atoms with E-state index in [0.29, 0.717) is 11.6 Å². The molecule has 2 aromatic rings. The first-order chi connectivity index (χ1) is 13.1. The van der Waals surface area contributed by atoms with Crippen LogP contribution in [0.2, 0.25) is 0 Å². The third-order valence-corrected chi connectivity index (χ3v) is 5.84. The number of esters is 1. The van der Waals surface area contributed by atoms with Crippen molar-refractivity contribution in [1.29, 1.82) is 0 Å². The highest BCUT2D eigenvalue weighted by Crippen LogP contribution is 2.48. The third kappa shape index (κ3) is 3.11. The molecule has 1 atom stereocenters. The van der Waals surface area contributed by atoms with Gasteiger partial charge in [-0.3, -0.25) is 0 Å². The number of anilines is 2. The molecule has 1 saturated carbocycles. The van der Waals surface area contributed by atoms with E-state index < -0.39 is 0 Å². The van der Waals surface area contributed by atoms with Crippen LogP contribution in [0.4, 0.5) is 11.4 Å². The molecule has 5 nitrogen and oxygen atoms in total. The molecular formula is C22H26N2O3. The lowest BCUT2D eigenvalue weighted by molar-refractivity contribution is 0.0601. The topological polar surface area (TPSA) is 53.0 Å². The predicted octanol–water partition coefficient (Wildman–Crippen LogP) is 4.47.